The minimum absolute atomic E-state index is 0.0808. The molecule has 2 amide bonds. The maximum Gasteiger partial charge on any atom is 0.328 e. The second kappa shape index (κ2) is 7.04. The van der Waals surface area contributed by atoms with Crippen LogP contribution in [0.4, 0.5) is 4.79 Å². The number of benzene rings is 2. The normalized spacial score (nSPS) is 10.7. The molecule has 1 heterocycles. The summed E-state index contributed by atoms with van der Waals surface area (Å²) in [4.78, 5) is 24.1. The van der Waals surface area contributed by atoms with Crippen molar-refractivity contribution in [2.24, 2.45) is 7.05 Å². The Morgan fingerprint density at radius 2 is 1.62 bits per heavy atom. The molecule has 0 aliphatic heterocycles. The number of urea groups is 1. The maximum atomic E-state index is 12.3. The van der Waals surface area contributed by atoms with E-state index in [4.69, 9.17) is 0 Å². The Balaban J connectivity index is 1.56. The van der Waals surface area contributed by atoms with E-state index in [0.29, 0.717) is 19.6 Å². The average Bonchev–Trinajstić information content (AvgIpc) is 2.86. The molecule has 3 aromatic rings. The van der Waals surface area contributed by atoms with Gasteiger partial charge in [-0.3, -0.25) is 9.13 Å². The Labute approximate surface area is 139 Å². The molecule has 0 spiro atoms. The third-order valence-electron chi connectivity index (χ3n) is 3.97. The van der Waals surface area contributed by atoms with Crippen LogP contribution in [0.25, 0.3) is 11.0 Å². The smallest absolute Gasteiger partial charge is 0.328 e. The number of para-hydroxylation sites is 2. The SMILES string of the molecule is Cn1c(=O)n(CCNC(=O)NCc2ccccc2)c2ccccc21. The summed E-state index contributed by atoms with van der Waals surface area (Å²) in [6.45, 7) is 1.29. The largest absolute Gasteiger partial charge is 0.336 e. The molecule has 0 bridgehead atoms. The summed E-state index contributed by atoms with van der Waals surface area (Å²) in [7, 11) is 1.75. The average molecular weight is 324 g/mol. The molecule has 24 heavy (non-hydrogen) atoms. The minimum Gasteiger partial charge on any atom is -0.336 e. The number of carbonyl (C=O) groups excluding carboxylic acids is 1. The number of aromatic nitrogens is 2. The number of amides is 2. The van der Waals surface area contributed by atoms with Gasteiger partial charge in [0.05, 0.1) is 11.0 Å². The van der Waals surface area contributed by atoms with Crippen LogP contribution in [0, 0.1) is 0 Å². The number of rotatable bonds is 5. The third-order valence-corrected chi connectivity index (χ3v) is 3.97. The Morgan fingerprint density at radius 1 is 0.958 bits per heavy atom. The molecular weight excluding hydrogens is 304 g/mol. The minimum atomic E-state index is -0.243. The predicted octanol–water partition coefficient (Wildman–Crippen LogP) is 1.84. The molecule has 0 fully saturated rings. The van der Waals surface area contributed by atoms with Gasteiger partial charge in [-0.2, -0.15) is 0 Å². The third kappa shape index (κ3) is 3.32. The van der Waals surface area contributed by atoms with Crippen LogP contribution in [0.1, 0.15) is 5.56 Å². The zero-order valence-electron chi connectivity index (χ0n) is 13.5. The number of nitrogens with one attached hydrogen (secondary N) is 2. The standard InChI is InChI=1S/C18H20N4O2/c1-21-15-9-5-6-10-16(15)22(18(21)24)12-11-19-17(23)20-13-14-7-3-2-4-8-14/h2-10H,11-13H2,1H3,(H2,19,20,23). The first-order valence-electron chi connectivity index (χ1n) is 7.86. The van der Waals surface area contributed by atoms with Crippen molar-refractivity contribution in [2.75, 3.05) is 6.54 Å². The molecule has 6 nitrogen and oxygen atoms in total. The van der Waals surface area contributed by atoms with E-state index in [0.717, 1.165) is 16.6 Å². The molecule has 3 rings (SSSR count). The van der Waals surface area contributed by atoms with Crippen molar-refractivity contribution in [3.8, 4) is 0 Å². The quantitative estimate of drug-likeness (QED) is 0.752. The number of aryl methyl sites for hydroxylation is 1. The summed E-state index contributed by atoms with van der Waals surface area (Å²) in [5.74, 6) is 0. The number of hydrogen-bond acceptors (Lipinski definition) is 2. The molecule has 0 aliphatic rings. The van der Waals surface area contributed by atoms with Gasteiger partial charge in [0.15, 0.2) is 0 Å². The van der Waals surface area contributed by atoms with E-state index in [-0.39, 0.29) is 11.7 Å². The van der Waals surface area contributed by atoms with E-state index < -0.39 is 0 Å². The van der Waals surface area contributed by atoms with Crippen molar-refractivity contribution in [1.29, 1.82) is 0 Å². The number of fused-ring (bicyclic) bond motifs is 1. The lowest BCUT2D eigenvalue weighted by Crippen LogP contribution is -2.38. The Morgan fingerprint density at radius 3 is 2.38 bits per heavy atom. The van der Waals surface area contributed by atoms with E-state index in [1.165, 1.54) is 0 Å². The molecule has 2 N–H and O–H groups in total. The molecule has 0 unspecified atom stereocenters. The van der Waals surface area contributed by atoms with E-state index in [9.17, 15) is 9.59 Å². The number of nitrogens with zero attached hydrogens (tertiary/aromatic N) is 2. The molecule has 2 aromatic carbocycles. The molecule has 0 atom stereocenters. The van der Waals surface area contributed by atoms with Crippen molar-refractivity contribution in [2.45, 2.75) is 13.1 Å². The Bertz CT molecular complexity index is 896. The van der Waals surface area contributed by atoms with Gasteiger partial charge < -0.3 is 10.6 Å². The molecule has 124 valence electrons. The first-order valence-corrected chi connectivity index (χ1v) is 7.86. The van der Waals surface area contributed by atoms with Crippen LogP contribution in [0.3, 0.4) is 0 Å². The number of imidazole rings is 1. The second-order valence-corrected chi connectivity index (χ2v) is 5.58. The Kier molecular flexibility index (Phi) is 4.65. The van der Waals surface area contributed by atoms with Crippen LogP contribution < -0.4 is 16.3 Å². The van der Waals surface area contributed by atoms with E-state index in [1.54, 1.807) is 16.2 Å². The summed E-state index contributed by atoms with van der Waals surface area (Å²) in [6, 6.07) is 17.1. The molecular formula is C18H20N4O2. The summed E-state index contributed by atoms with van der Waals surface area (Å²) >= 11 is 0. The Hall–Kier alpha value is -3.02. The predicted molar refractivity (Wildman–Crippen MR) is 93.9 cm³/mol. The zero-order valence-corrected chi connectivity index (χ0v) is 13.5. The second-order valence-electron chi connectivity index (χ2n) is 5.58. The summed E-state index contributed by atoms with van der Waals surface area (Å²) < 4.78 is 3.29. The van der Waals surface area contributed by atoms with Crippen molar-refractivity contribution in [1.82, 2.24) is 19.8 Å². The van der Waals surface area contributed by atoms with Crippen molar-refractivity contribution in [3.05, 3.63) is 70.6 Å². The van der Waals surface area contributed by atoms with Crippen LogP contribution in [0.15, 0.2) is 59.4 Å². The summed E-state index contributed by atoms with van der Waals surface area (Å²) in [6.07, 6.45) is 0. The zero-order chi connectivity index (χ0) is 16.9. The van der Waals surface area contributed by atoms with Crippen LogP contribution in [0.5, 0.6) is 0 Å². The highest BCUT2D eigenvalue weighted by molar-refractivity contribution is 5.76. The topological polar surface area (TPSA) is 68.1 Å². The summed E-state index contributed by atoms with van der Waals surface area (Å²) in [5, 5.41) is 5.58. The highest BCUT2D eigenvalue weighted by atomic mass is 16.2. The van der Waals surface area contributed by atoms with E-state index in [2.05, 4.69) is 10.6 Å². The number of carbonyl (C=O) groups is 1. The fraction of sp³-hybridized carbons (Fsp3) is 0.222. The lowest BCUT2D eigenvalue weighted by molar-refractivity contribution is 0.240. The molecule has 0 radical (unpaired) electrons. The van der Waals surface area contributed by atoms with Gasteiger partial charge in [0.25, 0.3) is 0 Å². The van der Waals surface area contributed by atoms with Crippen LogP contribution in [0.2, 0.25) is 0 Å². The molecule has 1 aromatic heterocycles. The fourth-order valence-electron chi connectivity index (χ4n) is 2.70. The number of hydrogen-bond donors (Lipinski definition) is 2. The highest BCUT2D eigenvalue weighted by Gasteiger charge is 2.09. The molecule has 0 saturated carbocycles. The van der Waals surface area contributed by atoms with Gasteiger partial charge in [-0.1, -0.05) is 42.5 Å². The van der Waals surface area contributed by atoms with Crippen LogP contribution >= 0.6 is 0 Å². The van der Waals surface area contributed by atoms with E-state index >= 15 is 0 Å². The lowest BCUT2D eigenvalue weighted by atomic mass is 10.2. The first-order chi connectivity index (χ1) is 11.7. The van der Waals surface area contributed by atoms with Crippen molar-refractivity contribution < 1.29 is 4.79 Å². The van der Waals surface area contributed by atoms with Gasteiger partial charge >= 0.3 is 11.7 Å². The molecule has 0 saturated heterocycles. The van der Waals surface area contributed by atoms with Gasteiger partial charge in [-0.05, 0) is 17.7 Å². The van der Waals surface area contributed by atoms with Gasteiger partial charge in [-0.25, -0.2) is 9.59 Å². The maximum absolute atomic E-state index is 12.3. The lowest BCUT2D eigenvalue weighted by Gasteiger charge is -2.08. The van der Waals surface area contributed by atoms with Crippen molar-refractivity contribution in [3.63, 3.8) is 0 Å². The van der Waals surface area contributed by atoms with Gasteiger partial charge in [0.1, 0.15) is 0 Å². The van der Waals surface area contributed by atoms with Crippen molar-refractivity contribution >= 4 is 17.1 Å². The van der Waals surface area contributed by atoms with Gasteiger partial charge in [0, 0.05) is 26.7 Å². The molecule has 0 aliphatic carbocycles. The van der Waals surface area contributed by atoms with E-state index in [1.807, 2.05) is 54.6 Å². The summed E-state index contributed by atoms with van der Waals surface area (Å²) in [5.41, 5.74) is 2.72. The first kappa shape index (κ1) is 15.9. The fourth-order valence-corrected chi connectivity index (χ4v) is 2.70. The van der Waals surface area contributed by atoms with Gasteiger partial charge in [-0.15, -0.1) is 0 Å². The van der Waals surface area contributed by atoms with Crippen LogP contribution in [-0.4, -0.2) is 21.7 Å². The highest BCUT2D eigenvalue weighted by Crippen LogP contribution is 2.10. The molecule has 6 heteroatoms. The monoisotopic (exact) mass is 324 g/mol. The van der Waals surface area contributed by atoms with Gasteiger partial charge in [0.2, 0.25) is 0 Å². The van der Waals surface area contributed by atoms with Crippen LogP contribution in [-0.2, 0) is 20.1 Å².